The lowest BCUT2D eigenvalue weighted by atomic mass is 9.98. The maximum absolute atomic E-state index is 12.8. The molecule has 0 spiro atoms. The Hall–Kier alpha value is -3.42. The molecule has 0 unspecified atom stereocenters. The molecule has 0 radical (unpaired) electrons. The summed E-state index contributed by atoms with van der Waals surface area (Å²) in [7, 11) is 1.67. The van der Waals surface area contributed by atoms with Gasteiger partial charge in [-0.05, 0) is 29.7 Å². The van der Waals surface area contributed by atoms with Gasteiger partial charge < -0.3 is 14.5 Å². The summed E-state index contributed by atoms with van der Waals surface area (Å²) >= 11 is 0. The van der Waals surface area contributed by atoms with Crippen LogP contribution in [0.5, 0.6) is 5.75 Å². The van der Waals surface area contributed by atoms with Crippen LogP contribution in [0.2, 0.25) is 0 Å². The number of likely N-dealkylation sites (tertiary alicyclic amines) is 2. The number of carbonyl (C=O) groups excluding carboxylic acids is 2. The molecule has 1 aromatic heterocycles. The summed E-state index contributed by atoms with van der Waals surface area (Å²) in [6, 6.07) is 12.3. The molecule has 3 aromatic rings. The zero-order valence-electron chi connectivity index (χ0n) is 18.2. The topological polar surface area (TPSA) is 80.6 Å². The molecule has 2 aliphatic rings. The monoisotopic (exact) mass is 433 g/mol. The minimum atomic E-state index is 0.138. The molecule has 0 bridgehead atoms. The Kier molecular flexibility index (Phi) is 5.51. The third-order valence-electron chi connectivity index (χ3n) is 6.48. The van der Waals surface area contributed by atoms with Gasteiger partial charge in [-0.1, -0.05) is 35.5 Å². The summed E-state index contributed by atoms with van der Waals surface area (Å²) in [5.74, 6) is 1.15. The van der Waals surface area contributed by atoms with Gasteiger partial charge in [0, 0.05) is 38.0 Å². The van der Waals surface area contributed by atoms with Crippen LogP contribution in [0, 0.1) is 0 Å². The van der Waals surface area contributed by atoms with Crippen molar-refractivity contribution in [2.45, 2.75) is 38.3 Å². The molecule has 2 amide bonds. The van der Waals surface area contributed by atoms with Gasteiger partial charge in [0.15, 0.2) is 0 Å². The highest BCUT2D eigenvalue weighted by Crippen LogP contribution is 2.30. The standard InChI is InChI=1S/C24H27N5O3/c1-32-22-10-8-17-5-2-3-6-20(17)21(22)9-11-24(31)28-15-19(16-28)29-14-18(25-26-29)13-27-12-4-7-23(27)30/h2-3,5-6,8,10,14,19H,4,7,9,11-13,15-16H2,1H3. The quantitative estimate of drug-likeness (QED) is 0.572. The van der Waals surface area contributed by atoms with Crippen molar-refractivity contribution in [1.82, 2.24) is 24.8 Å². The van der Waals surface area contributed by atoms with E-state index >= 15 is 0 Å². The normalized spacial score (nSPS) is 16.6. The van der Waals surface area contributed by atoms with Crippen molar-refractivity contribution in [3.05, 3.63) is 53.9 Å². The number of fused-ring (bicyclic) bond motifs is 1. The van der Waals surface area contributed by atoms with Crippen LogP contribution in [0.4, 0.5) is 0 Å². The second kappa shape index (κ2) is 8.61. The maximum atomic E-state index is 12.8. The number of aromatic nitrogens is 3. The van der Waals surface area contributed by atoms with E-state index in [0.717, 1.165) is 40.7 Å². The zero-order chi connectivity index (χ0) is 22.1. The van der Waals surface area contributed by atoms with Crippen molar-refractivity contribution in [2.75, 3.05) is 26.7 Å². The summed E-state index contributed by atoms with van der Waals surface area (Å²) in [5, 5.41) is 10.7. The molecule has 0 atom stereocenters. The summed E-state index contributed by atoms with van der Waals surface area (Å²) < 4.78 is 7.38. The van der Waals surface area contributed by atoms with E-state index in [1.807, 2.05) is 44.9 Å². The summed E-state index contributed by atoms with van der Waals surface area (Å²) in [4.78, 5) is 28.3. The van der Waals surface area contributed by atoms with E-state index in [1.165, 1.54) is 0 Å². The lowest BCUT2D eigenvalue weighted by Gasteiger charge is -2.39. The minimum absolute atomic E-state index is 0.138. The lowest BCUT2D eigenvalue weighted by molar-refractivity contribution is -0.137. The smallest absolute Gasteiger partial charge is 0.223 e. The highest BCUT2D eigenvalue weighted by molar-refractivity contribution is 5.88. The maximum Gasteiger partial charge on any atom is 0.223 e. The van der Waals surface area contributed by atoms with E-state index in [-0.39, 0.29) is 17.9 Å². The number of ether oxygens (including phenoxy) is 1. The Bertz CT molecular complexity index is 1150. The second-order valence-electron chi connectivity index (χ2n) is 8.53. The van der Waals surface area contributed by atoms with Crippen LogP contribution in [0.1, 0.15) is 36.6 Å². The highest BCUT2D eigenvalue weighted by atomic mass is 16.5. The predicted molar refractivity (Wildman–Crippen MR) is 119 cm³/mol. The van der Waals surface area contributed by atoms with E-state index in [2.05, 4.69) is 22.4 Å². The fraction of sp³-hybridized carbons (Fsp3) is 0.417. The molecule has 5 rings (SSSR count). The van der Waals surface area contributed by atoms with Crippen molar-refractivity contribution >= 4 is 22.6 Å². The number of hydrogen-bond donors (Lipinski definition) is 0. The van der Waals surface area contributed by atoms with E-state index < -0.39 is 0 Å². The summed E-state index contributed by atoms with van der Waals surface area (Å²) in [6.07, 6.45) is 4.52. The van der Waals surface area contributed by atoms with E-state index in [1.54, 1.807) is 7.11 Å². The van der Waals surface area contributed by atoms with Crippen molar-refractivity contribution in [3.8, 4) is 5.75 Å². The number of carbonyl (C=O) groups is 2. The first-order chi connectivity index (χ1) is 15.6. The third kappa shape index (κ3) is 3.92. The van der Waals surface area contributed by atoms with Gasteiger partial charge in [0.05, 0.1) is 25.9 Å². The Morgan fingerprint density at radius 1 is 1.19 bits per heavy atom. The Morgan fingerprint density at radius 3 is 2.81 bits per heavy atom. The van der Waals surface area contributed by atoms with Gasteiger partial charge in [0.1, 0.15) is 11.4 Å². The molecule has 166 valence electrons. The van der Waals surface area contributed by atoms with Crippen molar-refractivity contribution in [2.24, 2.45) is 0 Å². The van der Waals surface area contributed by atoms with Crippen LogP contribution in [0.25, 0.3) is 10.8 Å². The van der Waals surface area contributed by atoms with Gasteiger partial charge in [-0.25, -0.2) is 4.68 Å². The lowest BCUT2D eigenvalue weighted by Crippen LogP contribution is -2.51. The second-order valence-corrected chi connectivity index (χ2v) is 8.53. The first-order valence-corrected chi connectivity index (χ1v) is 11.1. The molecule has 32 heavy (non-hydrogen) atoms. The van der Waals surface area contributed by atoms with Gasteiger partial charge in [-0.2, -0.15) is 0 Å². The van der Waals surface area contributed by atoms with Gasteiger partial charge in [0.25, 0.3) is 0 Å². The molecule has 2 aliphatic heterocycles. The SMILES string of the molecule is COc1ccc2ccccc2c1CCC(=O)N1CC(n2cc(CN3CCCC3=O)nn2)C1. The Balaban J connectivity index is 1.17. The zero-order valence-corrected chi connectivity index (χ0v) is 18.2. The molecular weight excluding hydrogens is 406 g/mol. The number of amides is 2. The van der Waals surface area contributed by atoms with Gasteiger partial charge in [0.2, 0.25) is 11.8 Å². The van der Waals surface area contributed by atoms with Gasteiger partial charge in [-0.15, -0.1) is 5.10 Å². The van der Waals surface area contributed by atoms with Crippen LogP contribution in [-0.2, 0) is 22.6 Å². The largest absolute Gasteiger partial charge is 0.496 e. The molecule has 2 aromatic carbocycles. The van der Waals surface area contributed by atoms with Crippen LogP contribution >= 0.6 is 0 Å². The molecule has 8 nitrogen and oxygen atoms in total. The van der Waals surface area contributed by atoms with Crippen LogP contribution in [0.3, 0.4) is 0 Å². The van der Waals surface area contributed by atoms with Crippen LogP contribution in [0.15, 0.2) is 42.6 Å². The number of aryl methyl sites for hydroxylation is 1. The average Bonchev–Trinajstić information content (AvgIpc) is 3.40. The molecule has 2 saturated heterocycles. The summed E-state index contributed by atoms with van der Waals surface area (Å²) in [6.45, 7) is 2.58. The predicted octanol–water partition coefficient (Wildman–Crippen LogP) is 2.58. The number of benzene rings is 2. The molecule has 0 saturated carbocycles. The molecule has 0 aliphatic carbocycles. The van der Waals surface area contributed by atoms with E-state index in [0.29, 0.717) is 38.9 Å². The first-order valence-electron chi connectivity index (χ1n) is 11.1. The number of rotatable bonds is 7. The fourth-order valence-electron chi connectivity index (χ4n) is 4.61. The number of nitrogens with zero attached hydrogens (tertiary/aromatic N) is 5. The highest BCUT2D eigenvalue weighted by Gasteiger charge is 2.33. The molecule has 2 fully saturated rings. The van der Waals surface area contributed by atoms with Crippen molar-refractivity contribution in [1.29, 1.82) is 0 Å². The van der Waals surface area contributed by atoms with E-state index in [4.69, 9.17) is 4.74 Å². The Labute approximate surface area is 186 Å². The Morgan fingerprint density at radius 2 is 2.03 bits per heavy atom. The van der Waals surface area contributed by atoms with E-state index in [9.17, 15) is 9.59 Å². The molecule has 0 N–H and O–H groups in total. The minimum Gasteiger partial charge on any atom is -0.496 e. The molecule has 8 heteroatoms. The average molecular weight is 434 g/mol. The fourth-order valence-corrected chi connectivity index (χ4v) is 4.61. The molecule has 3 heterocycles. The third-order valence-corrected chi connectivity index (χ3v) is 6.48. The van der Waals surface area contributed by atoms with Gasteiger partial charge in [-0.3, -0.25) is 9.59 Å². The van der Waals surface area contributed by atoms with Crippen molar-refractivity contribution in [3.63, 3.8) is 0 Å². The van der Waals surface area contributed by atoms with Crippen LogP contribution < -0.4 is 4.74 Å². The summed E-state index contributed by atoms with van der Waals surface area (Å²) in [5.41, 5.74) is 1.88. The number of hydrogen-bond acceptors (Lipinski definition) is 5. The van der Waals surface area contributed by atoms with Gasteiger partial charge >= 0.3 is 0 Å². The van der Waals surface area contributed by atoms with Crippen molar-refractivity contribution < 1.29 is 14.3 Å². The van der Waals surface area contributed by atoms with Crippen LogP contribution in [-0.4, -0.2) is 63.4 Å². The molecular formula is C24H27N5O3. The number of methoxy groups -OCH3 is 1. The first kappa shape index (κ1) is 20.5.